The van der Waals surface area contributed by atoms with Crippen LogP contribution in [0.1, 0.15) is 0 Å². The molecule has 0 aromatic carbocycles. The van der Waals surface area contributed by atoms with Crippen molar-refractivity contribution in [3.8, 4) is 0 Å². The summed E-state index contributed by atoms with van der Waals surface area (Å²) < 4.78 is 0. The molecule has 1 rings (SSSR count). The molecular weight excluding hydrogens is 193 g/mol. The van der Waals surface area contributed by atoms with Gasteiger partial charge in [0.1, 0.15) is 5.02 Å². The van der Waals surface area contributed by atoms with Gasteiger partial charge in [-0.15, -0.1) is 0 Å². The van der Waals surface area contributed by atoms with E-state index in [9.17, 15) is 10.1 Å². The third-order valence-electron chi connectivity index (χ3n) is 0.873. The molecule has 1 heterocycles. The Labute approximate surface area is 71.1 Å². The first-order valence-corrected chi connectivity index (χ1v) is 3.20. The Morgan fingerprint density at radius 2 is 2.09 bits per heavy atom. The highest BCUT2D eigenvalue weighted by atomic mass is 35.5. The van der Waals surface area contributed by atoms with Gasteiger partial charge in [-0.3, -0.25) is 0 Å². The van der Waals surface area contributed by atoms with Gasteiger partial charge in [-0.2, -0.15) is 0 Å². The van der Waals surface area contributed by atoms with Crippen LogP contribution >= 0.6 is 23.2 Å². The fourth-order valence-corrected chi connectivity index (χ4v) is 0.878. The first kappa shape index (κ1) is 8.16. The molecule has 58 valence electrons. The highest BCUT2D eigenvalue weighted by molar-refractivity contribution is 6.34. The average molecular weight is 194 g/mol. The Hall–Kier alpha value is -0.940. The molecule has 0 spiro atoms. The van der Waals surface area contributed by atoms with E-state index in [1.54, 1.807) is 0 Å². The summed E-state index contributed by atoms with van der Waals surface area (Å²) in [5, 5.41) is 16.4. The van der Waals surface area contributed by atoms with Crippen molar-refractivity contribution in [1.82, 2.24) is 10.2 Å². The molecule has 0 saturated carbocycles. The van der Waals surface area contributed by atoms with E-state index in [4.69, 9.17) is 23.2 Å². The van der Waals surface area contributed by atoms with Crippen LogP contribution in [-0.2, 0) is 0 Å². The molecule has 1 aromatic rings. The fourth-order valence-electron chi connectivity index (χ4n) is 0.465. The number of nitro groups is 1. The molecule has 0 N–H and O–H groups in total. The van der Waals surface area contributed by atoms with Crippen molar-refractivity contribution in [2.45, 2.75) is 0 Å². The molecule has 1 aromatic heterocycles. The third kappa shape index (κ3) is 1.75. The standard InChI is InChI=1S/C4HCl2N3O2/c5-2-1-3(6)7-8-4(2)9(10)11/h1H. The Morgan fingerprint density at radius 3 is 2.55 bits per heavy atom. The molecule has 0 bridgehead atoms. The van der Waals surface area contributed by atoms with Gasteiger partial charge in [-0.05, 0) is 10.0 Å². The number of hydrogen-bond donors (Lipinski definition) is 0. The minimum atomic E-state index is -0.730. The van der Waals surface area contributed by atoms with Crippen molar-refractivity contribution in [3.63, 3.8) is 0 Å². The summed E-state index contributed by atoms with van der Waals surface area (Å²) in [7, 11) is 0. The van der Waals surface area contributed by atoms with E-state index in [0.717, 1.165) is 6.07 Å². The predicted octanol–water partition coefficient (Wildman–Crippen LogP) is 1.69. The largest absolute Gasteiger partial charge is 0.409 e. The summed E-state index contributed by atoms with van der Waals surface area (Å²) in [6.07, 6.45) is 0. The van der Waals surface area contributed by atoms with Crippen LogP contribution in [0.5, 0.6) is 0 Å². The molecule has 0 unspecified atom stereocenters. The molecule has 0 atom stereocenters. The second-order valence-corrected chi connectivity index (χ2v) is 2.39. The Bertz CT molecular complexity index is 303. The first-order valence-electron chi connectivity index (χ1n) is 2.44. The van der Waals surface area contributed by atoms with E-state index in [-0.39, 0.29) is 10.2 Å². The molecule has 0 amide bonds. The molecule has 5 nitrogen and oxygen atoms in total. The summed E-state index contributed by atoms with van der Waals surface area (Å²) in [6, 6.07) is 1.16. The minimum absolute atomic E-state index is 0.0283. The fraction of sp³-hybridized carbons (Fsp3) is 0. The summed E-state index contributed by atoms with van der Waals surface area (Å²) in [4.78, 5) is 9.38. The SMILES string of the molecule is O=[N+]([O-])c1nnc(Cl)cc1Cl. The second-order valence-electron chi connectivity index (χ2n) is 1.60. The Kier molecular flexibility index (Phi) is 2.21. The molecule has 0 fully saturated rings. The smallest absolute Gasteiger partial charge is 0.358 e. The van der Waals surface area contributed by atoms with E-state index in [2.05, 4.69) is 10.2 Å². The van der Waals surface area contributed by atoms with Crippen molar-refractivity contribution in [2.24, 2.45) is 0 Å². The van der Waals surface area contributed by atoms with Crippen LogP contribution in [0.25, 0.3) is 0 Å². The molecule has 0 aliphatic rings. The topological polar surface area (TPSA) is 68.9 Å². The third-order valence-corrected chi connectivity index (χ3v) is 1.34. The van der Waals surface area contributed by atoms with Gasteiger partial charge in [0.2, 0.25) is 0 Å². The van der Waals surface area contributed by atoms with Gasteiger partial charge in [-0.25, -0.2) is 0 Å². The summed E-state index contributed by atoms with van der Waals surface area (Å²) in [5.74, 6) is -0.490. The zero-order chi connectivity index (χ0) is 8.43. The van der Waals surface area contributed by atoms with E-state index in [1.807, 2.05) is 0 Å². The second kappa shape index (κ2) is 2.98. The van der Waals surface area contributed by atoms with Crippen LogP contribution in [-0.4, -0.2) is 15.1 Å². The maximum Gasteiger partial charge on any atom is 0.409 e. The van der Waals surface area contributed by atoms with Crippen molar-refractivity contribution in [3.05, 3.63) is 26.4 Å². The summed E-state index contributed by atoms with van der Waals surface area (Å²) in [6.45, 7) is 0. The minimum Gasteiger partial charge on any atom is -0.358 e. The van der Waals surface area contributed by atoms with Crippen LogP contribution in [0.15, 0.2) is 6.07 Å². The lowest BCUT2D eigenvalue weighted by Crippen LogP contribution is -1.94. The van der Waals surface area contributed by atoms with Crippen molar-refractivity contribution < 1.29 is 4.92 Å². The number of halogens is 2. The number of rotatable bonds is 1. The highest BCUT2D eigenvalue weighted by Gasteiger charge is 2.14. The van der Waals surface area contributed by atoms with Gasteiger partial charge in [0.25, 0.3) is 0 Å². The van der Waals surface area contributed by atoms with Crippen molar-refractivity contribution in [2.75, 3.05) is 0 Å². The Morgan fingerprint density at radius 1 is 1.45 bits per heavy atom. The summed E-state index contributed by atoms with van der Waals surface area (Å²) >= 11 is 10.7. The van der Waals surface area contributed by atoms with Gasteiger partial charge < -0.3 is 10.1 Å². The molecule has 7 heteroatoms. The lowest BCUT2D eigenvalue weighted by molar-refractivity contribution is -0.390. The van der Waals surface area contributed by atoms with E-state index >= 15 is 0 Å². The zero-order valence-electron chi connectivity index (χ0n) is 4.99. The van der Waals surface area contributed by atoms with Crippen LogP contribution < -0.4 is 0 Å². The predicted molar refractivity (Wildman–Crippen MR) is 38.7 cm³/mol. The van der Waals surface area contributed by atoms with E-state index in [1.165, 1.54) is 0 Å². The average Bonchev–Trinajstić information content (AvgIpc) is 1.85. The van der Waals surface area contributed by atoms with Gasteiger partial charge in [-0.1, -0.05) is 23.2 Å². The van der Waals surface area contributed by atoms with E-state index in [0.29, 0.717) is 0 Å². The molecule has 0 aliphatic heterocycles. The molecule has 0 saturated heterocycles. The van der Waals surface area contributed by atoms with Gasteiger partial charge >= 0.3 is 5.82 Å². The quantitative estimate of drug-likeness (QED) is 0.503. The van der Waals surface area contributed by atoms with E-state index < -0.39 is 10.7 Å². The number of nitrogens with zero attached hydrogens (tertiary/aromatic N) is 3. The molecule has 0 aliphatic carbocycles. The molecule has 0 radical (unpaired) electrons. The highest BCUT2D eigenvalue weighted by Crippen LogP contribution is 2.21. The van der Waals surface area contributed by atoms with Crippen LogP contribution in [0.3, 0.4) is 0 Å². The van der Waals surface area contributed by atoms with Crippen molar-refractivity contribution in [1.29, 1.82) is 0 Å². The maximum absolute atomic E-state index is 10.1. The first-order chi connectivity index (χ1) is 5.11. The molecule has 11 heavy (non-hydrogen) atoms. The van der Waals surface area contributed by atoms with Crippen LogP contribution in [0, 0.1) is 10.1 Å². The normalized spacial score (nSPS) is 9.64. The monoisotopic (exact) mass is 193 g/mol. The number of aromatic nitrogens is 2. The lowest BCUT2D eigenvalue weighted by atomic mass is 10.5. The zero-order valence-corrected chi connectivity index (χ0v) is 6.50. The lowest BCUT2D eigenvalue weighted by Gasteiger charge is -1.91. The number of hydrogen-bond acceptors (Lipinski definition) is 4. The van der Waals surface area contributed by atoms with Crippen LogP contribution in [0.4, 0.5) is 5.82 Å². The maximum atomic E-state index is 10.1. The van der Waals surface area contributed by atoms with Gasteiger partial charge in [0, 0.05) is 6.07 Å². The van der Waals surface area contributed by atoms with Gasteiger partial charge in [0.15, 0.2) is 5.15 Å². The van der Waals surface area contributed by atoms with Crippen molar-refractivity contribution >= 4 is 29.0 Å². The van der Waals surface area contributed by atoms with Crippen LogP contribution in [0.2, 0.25) is 10.2 Å². The van der Waals surface area contributed by atoms with Gasteiger partial charge in [0.05, 0.1) is 5.10 Å². The Balaban J connectivity index is 3.20. The summed E-state index contributed by atoms with van der Waals surface area (Å²) in [5.41, 5.74) is 0. The molecular formula is C4HCl2N3O2.